The minimum Gasteiger partial charge on any atom is -0.462 e. The van der Waals surface area contributed by atoms with E-state index in [0.29, 0.717) is 30.8 Å². The van der Waals surface area contributed by atoms with Crippen molar-refractivity contribution in [1.82, 2.24) is 0 Å². The molecular formula is C28H50O4. The second-order valence-electron chi connectivity index (χ2n) is 10.4. The van der Waals surface area contributed by atoms with Crippen LogP contribution in [0.1, 0.15) is 125 Å². The van der Waals surface area contributed by atoms with E-state index in [9.17, 15) is 9.59 Å². The number of ether oxygens (including phenoxy) is 2. The van der Waals surface area contributed by atoms with Crippen LogP contribution < -0.4 is 0 Å². The summed E-state index contributed by atoms with van der Waals surface area (Å²) >= 11 is 0. The molecule has 0 unspecified atom stereocenters. The van der Waals surface area contributed by atoms with Crippen LogP contribution in [-0.4, -0.2) is 25.2 Å². The molecule has 1 fully saturated rings. The molecule has 1 rings (SSSR count). The number of unbranched alkanes of at least 4 members (excludes halogenated alkanes) is 7. The summed E-state index contributed by atoms with van der Waals surface area (Å²) in [5, 5.41) is 0. The first kappa shape index (κ1) is 28.7. The summed E-state index contributed by atoms with van der Waals surface area (Å²) in [6, 6.07) is 0. The van der Waals surface area contributed by atoms with Gasteiger partial charge in [0.05, 0.1) is 18.8 Å². The maximum atomic E-state index is 13.2. The molecule has 1 aliphatic rings. The Morgan fingerprint density at radius 3 is 1.75 bits per heavy atom. The number of carbonyl (C=O) groups excluding carboxylic acids is 2. The van der Waals surface area contributed by atoms with Crippen LogP contribution in [0.2, 0.25) is 0 Å². The molecule has 0 N–H and O–H groups in total. The van der Waals surface area contributed by atoms with Gasteiger partial charge in [0.1, 0.15) is 0 Å². The fourth-order valence-electron chi connectivity index (χ4n) is 4.36. The third-order valence-electron chi connectivity index (χ3n) is 6.18. The molecule has 4 nitrogen and oxygen atoms in total. The number of hydrogen-bond acceptors (Lipinski definition) is 4. The van der Waals surface area contributed by atoms with Crippen LogP contribution in [0.3, 0.4) is 0 Å². The van der Waals surface area contributed by atoms with E-state index >= 15 is 0 Å². The van der Waals surface area contributed by atoms with Gasteiger partial charge < -0.3 is 9.47 Å². The van der Waals surface area contributed by atoms with Gasteiger partial charge in [0, 0.05) is 5.57 Å². The summed E-state index contributed by atoms with van der Waals surface area (Å²) in [5.74, 6) is 0.0781. The molecule has 0 aromatic rings. The smallest absolute Gasteiger partial charge is 0.334 e. The summed E-state index contributed by atoms with van der Waals surface area (Å²) in [6.45, 7) is 11.2. The van der Waals surface area contributed by atoms with E-state index in [1.54, 1.807) is 0 Å². The maximum absolute atomic E-state index is 13.2. The third-order valence-corrected chi connectivity index (χ3v) is 6.18. The van der Waals surface area contributed by atoms with E-state index in [2.05, 4.69) is 6.92 Å². The molecular weight excluding hydrogens is 400 g/mol. The van der Waals surface area contributed by atoms with Gasteiger partial charge in [-0.15, -0.1) is 0 Å². The second-order valence-corrected chi connectivity index (χ2v) is 10.4. The highest BCUT2D eigenvalue weighted by molar-refractivity contribution is 6.00. The minimum atomic E-state index is -0.302. The van der Waals surface area contributed by atoms with Crippen molar-refractivity contribution >= 4 is 11.9 Å². The van der Waals surface area contributed by atoms with E-state index in [4.69, 9.17) is 9.47 Å². The van der Waals surface area contributed by atoms with Crippen molar-refractivity contribution in [2.75, 3.05) is 13.2 Å². The van der Waals surface area contributed by atoms with Crippen molar-refractivity contribution in [3.8, 4) is 0 Å². The molecule has 1 saturated carbocycles. The average molecular weight is 451 g/mol. The number of carbonyl (C=O) groups is 2. The molecule has 0 bridgehead atoms. The van der Waals surface area contributed by atoms with Gasteiger partial charge in [0.2, 0.25) is 0 Å². The SMILES string of the molecule is CCCCCCCCCCC(C(=O)OCC(C)C)=C(C(=O)OCC(C)C)C1CCCCC1. The van der Waals surface area contributed by atoms with Crippen LogP contribution >= 0.6 is 0 Å². The minimum absolute atomic E-state index is 0.124. The Morgan fingerprint density at radius 1 is 0.719 bits per heavy atom. The summed E-state index contributed by atoms with van der Waals surface area (Å²) in [5.41, 5.74) is 1.22. The zero-order valence-corrected chi connectivity index (χ0v) is 21.7. The second kappa shape index (κ2) is 17.2. The first-order chi connectivity index (χ1) is 15.4. The van der Waals surface area contributed by atoms with Gasteiger partial charge in [0.15, 0.2) is 0 Å². The quantitative estimate of drug-likeness (QED) is 0.137. The fourth-order valence-corrected chi connectivity index (χ4v) is 4.36. The van der Waals surface area contributed by atoms with E-state index in [1.165, 1.54) is 44.9 Å². The molecule has 0 atom stereocenters. The van der Waals surface area contributed by atoms with E-state index in [0.717, 1.165) is 38.5 Å². The molecule has 0 amide bonds. The summed E-state index contributed by atoms with van der Waals surface area (Å²) in [4.78, 5) is 26.3. The van der Waals surface area contributed by atoms with Gasteiger partial charge in [-0.3, -0.25) is 0 Å². The molecule has 0 saturated heterocycles. The monoisotopic (exact) mass is 450 g/mol. The lowest BCUT2D eigenvalue weighted by molar-refractivity contribution is -0.144. The van der Waals surface area contributed by atoms with Gasteiger partial charge >= 0.3 is 11.9 Å². The van der Waals surface area contributed by atoms with Crippen LogP contribution in [0.25, 0.3) is 0 Å². The Bertz CT molecular complexity index is 556. The van der Waals surface area contributed by atoms with Crippen molar-refractivity contribution in [3.05, 3.63) is 11.1 Å². The van der Waals surface area contributed by atoms with Gasteiger partial charge in [-0.1, -0.05) is 98.8 Å². The Hall–Kier alpha value is -1.32. The molecule has 0 aliphatic heterocycles. The topological polar surface area (TPSA) is 52.6 Å². The summed E-state index contributed by atoms with van der Waals surface area (Å²) in [6.07, 6.45) is 15.6. The van der Waals surface area contributed by atoms with E-state index in [-0.39, 0.29) is 29.7 Å². The average Bonchev–Trinajstić information content (AvgIpc) is 2.77. The third kappa shape index (κ3) is 12.1. The first-order valence-electron chi connectivity index (χ1n) is 13.4. The van der Waals surface area contributed by atoms with Gasteiger partial charge in [-0.25, -0.2) is 9.59 Å². The number of rotatable bonds is 16. The molecule has 4 heteroatoms. The zero-order valence-electron chi connectivity index (χ0n) is 21.7. The lowest BCUT2D eigenvalue weighted by atomic mass is 9.80. The predicted octanol–water partition coefficient (Wildman–Crippen LogP) is 7.79. The van der Waals surface area contributed by atoms with Crippen LogP contribution in [0.15, 0.2) is 11.1 Å². The highest BCUT2D eigenvalue weighted by Gasteiger charge is 2.31. The van der Waals surface area contributed by atoms with Crippen LogP contribution in [0, 0.1) is 17.8 Å². The lowest BCUT2D eigenvalue weighted by Crippen LogP contribution is -2.25. The molecule has 0 spiro atoms. The van der Waals surface area contributed by atoms with Crippen molar-refractivity contribution in [2.24, 2.45) is 17.8 Å². The fraction of sp³-hybridized carbons (Fsp3) is 0.857. The Kier molecular flexibility index (Phi) is 15.4. The molecule has 186 valence electrons. The highest BCUT2D eigenvalue weighted by atomic mass is 16.5. The lowest BCUT2D eigenvalue weighted by Gasteiger charge is -2.26. The molecule has 0 heterocycles. The van der Waals surface area contributed by atoms with Crippen LogP contribution in [0.5, 0.6) is 0 Å². The van der Waals surface area contributed by atoms with Crippen molar-refractivity contribution < 1.29 is 19.1 Å². The molecule has 0 aromatic heterocycles. The van der Waals surface area contributed by atoms with Gasteiger partial charge in [-0.05, 0) is 43.4 Å². The predicted molar refractivity (Wildman–Crippen MR) is 132 cm³/mol. The first-order valence-corrected chi connectivity index (χ1v) is 13.4. The van der Waals surface area contributed by atoms with Crippen LogP contribution in [0.4, 0.5) is 0 Å². The molecule has 1 aliphatic carbocycles. The molecule has 32 heavy (non-hydrogen) atoms. The molecule has 0 radical (unpaired) electrons. The van der Waals surface area contributed by atoms with Crippen LogP contribution in [-0.2, 0) is 19.1 Å². The Morgan fingerprint density at radius 2 is 1.22 bits per heavy atom. The van der Waals surface area contributed by atoms with E-state index in [1.807, 2.05) is 27.7 Å². The van der Waals surface area contributed by atoms with Crippen molar-refractivity contribution in [3.63, 3.8) is 0 Å². The normalized spacial score (nSPS) is 15.7. The van der Waals surface area contributed by atoms with Crippen molar-refractivity contribution in [1.29, 1.82) is 0 Å². The standard InChI is InChI=1S/C28H50O4/c1-6-7-8-9-10-11-12-16-19-25(27(29)31-20-22(2)3)26(24-17-14-13-15-18-24)28(30)32-21-23(4)5/h22-24H,6-21H2,1-5H3. The van der Waals surface area contributed by atoms with E-state index < -0.39 is 0 Å². The molecule has 0 aromatic carbocycles. The Balaban J connectivity index is 2.94. The van der Waals surface area contributed by atoms with Gasteiger partial charge in [0.25, 0.3) is 0 Å². The van der Waals surface area contributed by atoms with Crippen molar-refractivity contribution in [2.45, 2.75) is 125 Å². The number of hydrogen-bond donors (Lipinski definition) is 0. The maximum Gasteiger partial charge on any atom is 0.334 e. The largest absolute Gasteiger partial charge is 0.462 e. The highest BCUT2D eigenvalue weighted by Crippen LogP contribution is 2.34. The summed E-state index contributed by atoms with van der Waals surface area (Å²) in [7, 11) is 0. The Labute approximate surface area is 197 Å². The zero-order chi connectivity index (χ0) is 23.8. The number of esters is 2. The van der Waals surface area contributed by atoms with Gasteiger partial charge in [-0.2, -0.15) is 0 Å². The summed E-state index contributed by atoms with van der Waals surface area (Å²) < 4.78 is 11.3.